The third kappa shape index (κ3) is 4.49. The Morgan fingerprint density at radius 1 is 1.12 bits per heavy atom. The Hall–Kier alpha value is -3.07. The Morgan fingerprint density at radius 3 is 2.56 bits per heavy atom. The molecule has 2 aliphatic rings. The summed E-state index contributed by atoms with van der Waals surface area (Å²) in [5, 5.41) is 22.5. The molecular weight excluding hydrogens is 426 g/mol. The van der Waals surface area contributed by atoms with Crippen LogP contribution in [0.15, 0.2) is 42.5 Å². The maximum absolute atomic E-state index is 13.9. The minimum absolute atomic E-state index is 0.0926. The molecule has 2 N–H and O–H groups in total. The van der Waals surface area contributed by atoms with Crippen LogP contribution in [0.2, 0.25) is 0 Å². The van der Waals surface area contributed by atoms with E-state index >= 15 is 0 Å². The number of benzene rings is 1. The predicted molar refractivity (Wildman–Crippen MR) is 133 cm³/mol. The zero-order valence-electron chi connectivity index (χ0n) is 20.2. The molecular formula is C26H33N7O. The molecule has 34 heavy (non-hydrogen) atoms. The minimum Gasteiger partial charge on any atom is -0.605 e. The van der Waals surface area contributed by atoms with Crippen LogP contribution >= 0.6 is 0 Å². The number of pyridine rings is 1. The normalized spacial score (nSPS) is 22.4. The van der Waals surface area contributed by atoms with Crippen LogP contribution in [-0.4, -0.2) is 50.4 Å². The molecule has 8 nitrogen and oxygen atoms in total. The maximum Gasteiger partial charge on any atom is 0.228 e. The van der Waals surface area contributed by atoms with Crippen molar-refractivity contribution in [1.82, 2.24) is 19.4 Å². The van der Waals surface area contributed by atoms with Gasteiger partial charge in [-0.25, -0.2) is 19.7 Å². The number of aryl methyl sites for hydroxylation is 2. The molecule has 0 radical (unpaired) electrons. The highest BCUT2D eigenvalue weighted by atomic mass is 16.6. The van der Waals surface area contributed by atoms with Crippen LogP contribution < -0.4 is 11.0 Å². The minimum atomic E-state index is -0.591. The van der Waals surface area contributed by atoms with E-state index in [-0.39, 0.29) is 12.3 Å². The number of quaternary nitrogens is 1. The van der Waals surface area contributed by atoms with Gasteiger partial charge in [-0.05, 0) is 56.8 Å². The van der Waals surface area contributed by atoms with Crippen molar-refractivity contribution >= 4 is 5.82 Å². The summed E-state index contributed by atoms with van der Waals surface area (Å²) in [6, 6.07) is 13.9. The van der Waals surface area contributed by atoms with Gasteiger partial charge in [0.1, 0.15) is 6.54 Å². The summed E-state index contributed by atoms with van der Waals surface area (Å²) in [4.78, 5) is 11.6. The summed E-state index contributed by atoms with van der Waals surface area (Å²) in [6.07, 6.45) is 2.45. The number of hydroxylamine groups is 2. The molecule has 0 bridgehead atoms. The van der Waals surface area contributed by atoms with Crippen LogP contribution in [0.3, 0.4) is 0 Å². The Balaban J connectivity index is 1.56. The van der Waals surface area contributed by atoms with Crippen molar-refractivity contribution in [1.29, 1.82) is 5.41 Å². The fourth-order valence-electron chi connectivity index (χ4n) is 5.26. The van der Waals surface area contributed by atoms with Gasteiger partial charge in [-0.1, -0.05) is 37.3 Å². The first-order chi connectivity index (χ1) is 16.3. The van der Waals surface area contributed by atoms with Crippen LogP contribution in [0.5, 0.6) is 0 Å². The van der Waals surface area contributed by atoms with E-state index in [0.717, 1.165) is 47.7 Å². The van der Waals surface area contributed by atoms with Gasteiger partial charge in [-0.15, -0.1) is 0 Å². The quantitative estimate of drug-likeness (QED) is 0.443. The lowest BCUT2D eigenvalue weighted by atomic mass is 9.99. The molecule has 0 amide bonds. The first kappa shape index (κ1) is 22.7. The van der Waals surface area contributed by atoms with Gasteiger partial charge in [-0.3, -0.25) is 15.3 Å². The molecule has 178 valence electrons. The Labute approximate surface area is 200 Å². The number of aromatic nitrogens is 3. The van der Waals surface area contributed by atoms with E-state index in [1.54, 1.807) is 4.57 Å². The SMILES string of the molecule is Cc1cc(-c2c(-c3ccccc3)nc(=N)n3c2N[N+]([O-])(CCN2CCCC(C)C2)C3)cc(C)n1. The summed E-state index contributed by atoms with van der Waals surface area (Å²) in [6.45, 7) is 9.61. The molecule has 8 heteroatoms. The molecule has 0 saturated carbocycles. The van der Waals surface area contributed by atoms with Crippen LogP contribution in [0, 0.1) is 30.4 Å². The number of fused-ring (bicyclic) bond motifs is 1. The van der Waals surface area contributed by atoms with Crippen LogP contribution in [0.25, 0.3) is 22.4 Å². The van der Waals surface area contributed by atoms with Crippen LogP contribution in [-0.2, 0) is 6.67 Å². The van der Waals surface area contributed by atoms with Crippen molar-refractivity contribution in [2.24, 2.45) is 5.92 Å². The van der Waals surface area contributed by atoms with Gasteiger partial charge in [0.25, 0.3) is 0 Å². The van der Waals surface area contributed by atoms with Gasteiger partial charge in [0.15, 0.2) is 12.5 Å². The van der Waals surface area contributed by atoms with E-state index in [1.165, 1.54) is 12.8 Å². The summed E-state index contributed by atoms with van der Waals surface area (Å²) in [5.74, 6) is 1.33. The second-order valence-electron chi connectivity index (χ2n) is 9.85. The number of nitrogens with zero attached hydrogens (tertiary/aromatic N) is 5. The molecule has 5 rings (SSSR count). The predicted octanol–water partition coefficient (Wildman–Crippen LogP) is 4.05. The van der Waals surface area contributed by atoms with Gasteiger partial charge in [0.05, 0.1) is 17.8 Å². The zero-order valence-corrected chi connectivity index (χ0v) is 20.2. The topological polar surface area (TPSA) is 92.9 Å². The second-order valence-corrected chi connectivity index (χ2v) is 9.85. The van der Waals surface area contributed by atoms with Crippen molar-refractivity contribution in [3.63, 3.8) is 0 Å². The molecule has 1 fully saturated rings. The molecule has 4 heterocycles. The number of hydrogen-bond acceptors (Lipinski definition) is 6. The third-order valence-electron chi connectivity index (χ3n) is 6.83. The highest BCUT2D eigenvalue weighted by molar-refractivity contribution is 5.88. The van der Waals surface area contributed by atoms with Gasteiger partial charge in [-0.2, -0.15) is 0 Å². The third-order valence-corrected chi connectivity index (χ3v) is 6.83. The number of likely N-dealkylation sites (tertiary alicyclic amines) is 1. The van der Waals surface area contributed by atoms with Crippen LogP contribution in [0.1, 0.15) is 31.2 Å². The van der Waals surface area contributed by atoms with Crippen LogP contribution in [0.4, 0.5) is 5.82 Å². The molecule has 2 unspecified atom stereocenters. The van der Waals surface area contributed by atoms with Gasteiger partial charge in [0, 0.05) is 23.5 Å². The second kappa shape index (κ2) is 8.94. The summed E-state index contributed by atoms with van der Waals surface area (Å²) in [7, 11) is 0. The van der Waals surface area contributed by atoms with Crippen molar-refractivity contribution in [2.45, 2.75) is 40.3 Å². The number of hydrogen-bond donors (Lipinski definition) is 2. The van der Waals surface area contributed by atoms with Crippen molar-refractivity contribution in [2.75, 3.05) is 31.6 Å². The molecule has 2 atom stereocenters. The van der Waals surface area contributed by atoms with Crippen molar-refractivity contribution in [3.8, 4) is 22.4 Å². The fourth-order valence-corrected chi connectivity index (χ4v) is 5.26. The first-order valence-corrected chi connectivity index (χ1v) is 12.1. The average molecular weight is 460 g/mol. The van der Waals surface area contributed by atoms with E-state index in [1.807, 2.05) is 56.3 Å². The number of piperidine rings is 1. The van der Waals surface area contributed by atoms with E-state index in [2.05, 4.69) is 27.2 Å². The highest BCUT2D eigenvalue weighted by Gasteiger charge is 2.34. The summed E-state index contributed by atoms with van der Waals surface area (Å²) < 4.78 is 1.13. The Kier molecular flexibility index (Phi) is 5.97. The highest BCUT2D eigenvalue weighted by Crippen LogP contribution is 2.39. The van der Waals surface area contributed by atoms with E-state index in [0.29, 0.717) is 24.0 Å². The number of rotatable bonds is 5. The zero-order chi connectivity index (χ0) is 23.9. The lowest BCUT2D eigenvalue weighted by Crippen LogP contribution is -2.49. The van der Waals surface area contributed by atoms with Crippen molar-refractivity contribution in [3.05, 3.63) is 64.7 Å². The smallest absolute Gasteiger partial charge is 0.228 e. The molecule has 0 aliphatic carbocycles. The average Bonchev–Trinajstić information content (AvgIpc) is 3.16. The largest absolute Gasteiger partial charge is 0.605 e. The lowest BCUT2D eigenvalue weighted by Gasteiger charge is -2.39. The molecule has 2 aromatic heterocycles. The molecule has 3 aromatic rings. The molecule has 1 saturated heterocycles. The number of anilines is 1. The summed E-state index contributed by atoms with van der Waals surface area (Å²) >= 11 is 0. The summed E-state index contributed by atoms with van der Waals surface area (Å²) in [5.41, 5.74) is 8.58. The monoisotopic (exact) mass is 459 g/mol. The fraction of sp³-hybridized carbons (Fsp3) is 0.423. The Bertz CT molecular complexity index is 1240. The van der Waals surface area contributed by atoms with Crippen molar-refractivity contribution < 1.29 is 4.76 Å². The van der Waals surface area contributed by atoms with E-state index < -0.39 is 4.76 Å². The molecule has 1 aromatic carbocycles. The van der Waals surface area contributed by atoms with E-state index in [4.69, 9.17) is 5.41 Å². The van der Waals surface area contributed by atoms with Gasteiger partial charge < -0.3 is 5.21 Å². The molecule has 2 aliphatic heterocycles. The Morgan fingerprint density at radius 2 is 1.85 bits per heavy atom. The molecule has 0 spiro atoms. The standard InChI is InChI=1S/C26H33N7O/c1-18-8-7-11-31(16-18)12-13-33(34)17-32-25(30-33)23(22-14-19(2)28-20(3)15-22)24(29-26(32)27)21-9-5-4-6-10-21/h4-6,9-10,14-15,18,27,30H,7-8,11-13,16-17H2,1-3H3. The lowest BCUT2D eigenvalue weighted by molar-refractivity contribution is -0.873. The number of nitrogens with one attached hydrogen (secondary N) is 2. The van der Waals surface area contributed by atoms with Gasteiger partial charge >= 0.3 is 0 Å². The van der Waals surface area contributed by atoms with Gasteiger partial charge in [0.2, 0.25) is 5.62 Å². The van der Waals surface area contributed by atoms with E-state index in [9.17, 15) is 5.21 Å². The maximum atomic E-state index is 13.9. The first-order valence-electron chi connectivity index (χ1n) is 12.1.